The van der Waals surface area contributed by atoms with Crippen molar-refractivity contribution in [2.45, 2.75) is 19.3 Å². The van der Waals surface area contributed by atoms with Gasteiger partial charge >= 0.3 is 0 Å². The molecule has 2 aromatic carbocycles. The predicted octanol–water partition coefficient (Wildman–Crippen LogP) is 2.62. The molecule has 1 heterocycles. The predicted molar refractivity (Wildman–Crippen MR) is 88.6 cm³/mol. The number of aliphatic hydroxyl groups is 2. The fraction of sp³-hybridized carbons (Fsp3) is 0.235. The average molecular weight is 333 g/mol. The number of aromatic nitrogens is 2. The van der Waals surface area contributed by atoms with E-state index in [1.807, 2.05) is 28.8 Å². The van der Waals surface area contributed by atoms with Gasteiger partial charge in [-0.1, -0.05) is 23.7 Å². The summed E-state index contributed by atoms with van der Waals surface area (Å²) in [5.74, 6) is 1.17. The van der Waals surface area contributed by atoms with E-state index in [1.54, 1.807) is 24.3 Å². The summed E-state index contributed by atoms with van der Waals surface area (Å²) in [6, 6.07) is 14.5. The van der Waals surface area contributed by atoms with Crippen molar-refractivity contribution in [2.24, 2.45) is 0 Å². The number of para-hydroxylation sites is 2. The first kappa shape index (κ1) is 15.8. The lowest BCUT2D eigenvalue weighted by molar-refractivity contribution is 0.0915. The summed E-state index contributed by atoms with van der Waals surface area (Å²) >= 11 is 5.82. The zero-order chi connectivity index (χ0) is 16.2. The van der Waals surface area contributed by atoms with Crippen molar-refractivity contribution in [3.63, 3.8) is 0 Å². The molecule has 0 unspecified atom stereocenters. The second-order valence-corrected chi connectivity index (χ2v) is 5.64. The minimum atomic E-state index is -0.728. The normalized spacial score (nSPS) is 12.5. The highest BCUT2D eigenvalue weighted by Gasteiger charge is 2.14. The number of hydrogen-bond donors (Lipinski definition) is 2. The molecule has 0 radical (unpaired) electrons. The van der Waals surface area contributed by atoms with Gasteiger partial charge in [0.1, 0.15) is 30.9 Å². The molecule has 0 fully saturated rings. The highest BCUT2D eigenvalue weighted by atomic mass is 35.5. The number of halogens is 1. The molecule has 23 heavy (non-hydrogen) atoms. The van der Waals surface area contributed by atoms with Gasteiger partial charge in [-0.25, -0.2) is 4.98 Å². The Kier molecular flexibility index (Phi) is 4.81. The first-order valence-electron chi connectivity index (χ1n) is 7.29. The van der Waals surface area contributed by atoms with Gasteiger partial charge < -0.3 is 19.5 Å². The van der Waals surface area contributed by atoms with Gasteiger partial charge in [-0.3, -0.25) is 0 Å². The maximum atomic E-state index is 10.2. The minimum Gasteiger partial charge on any atom is -0.491 e. The van der Waals surface area contributed by atoms with Gasteiger partial charge in [0.15, 0.2) is 0 Å². The van der Waals surface area contributed by atoms with E-state index in [2.05, 4.69) is 4.98 Å². The molecule has 0 amide bonds. The van der Waals surface area contributed by atoms with Crippen molar-refractivity contribution in [2.75, 3.05) is 6.61 Å². The van der Waals surface area contributed by atoms with E-state index < -0.39 is 6.10 Å². The Morgan fingerprint density at radius 2 is 1.87 bits per heavy atom. The number of hydrogen-bond acceptors (Lipinski definition) is 4. The van der Waals surface area contributed by atoms with E-state index in [-0.39, 0.29) is 13.2 Å². The van der Waals surface area contributed by atoms with Gasteiger partial charge in [-0.15, -0.1) is 0 Å². The zero-order valence-electron chi connectivity index (χ0n) is 12.4. The van der Waals surface area contributed by atoms with E-state index in [1.165, 1.54) is 0 Å². The molecule has 0 saturated heterocycles. The van der Waals surface area contributed by atoms with Crippen LogP contribution in [-0.4, -0.2) is 32.5 Å². The molecule has 0 saturated carbocycles. The first-order chi connectivity index (χ1) is 11.2. The third-order valence-electron chi connectivity index (χ3n) is 3.52. The molecule has 2 N–H and O–H groups in total. The summed E-state index contributed by atoms with van der Waals surface area (Å²) in [4.78, 5) is 4.36. The fourth-order valence-corrected chi connectivity index (χ4v) is 2.56. The summed E-state index contributed by atoms with van der Waals surface area (Å²) in [6.45, 7) is 0.252. The standard InChI is InChI=1S/C17H17ClN2O3/c18-12-5-7-14(8-6-12)23-11-13(22)9-20-16-4-2-1-3-15(16)19-17(20)10-21/h1-8,13,21-22H,9-11H2/t13-/m0/s1. The van der Waals surface area contributed by atoms with Crippen molar-refractivity contribution >= 4 is 22.6 Å². The molecule has 6 heteroatoms. The molecule has 5 nitrogen and oxygen atoms in total. The summed E-state index contributed by atoms with van der Waals surface area (Å²) < 4.78 is 7.36. The fourth-order valence-electron chi connectivity index (χ4n) is 2.44. The van der Waals surface area contributed by atoms with E-state index in [0.717, 1.165) is 11.0 Å². The van der Waals surface area contributed by atoms with Crippen molar-refractivity contribution < 1.29 is 14.9 Å². The van der Waals surface area contributed by atoms with Crippen molar-refractivity contribution in [3.8, 4) is 5.75 Å². The zero-order valence-corrected chi connectivity index (χ0v) is 13.1. The monoisotopic (exact) mass is 332 g/mol. The Hall–Kier alpha value is -2.08. The van der Waals surface area contributed by atoms with Gasteiger partial charge in [-0.05, 0) is 36.4 Å². The number of benzene rings is 2. The number of rotatable bonds is 6. The molecule has 120 valence electrons. The molecule has 0 spiro atoms. The SMILES string of the molecule is OCc1nc2ccccc2n1C[C@H](O)COc1ccc(Cl)cc1. The second-order valence-electron chi connectivity index (χ2n) is 5.20. The Morgan fingerprint density at radius 1 is 1.13 bits per heavy atom. The maximum absolute atomic E-state index is 10.2. The van der Waals surface area contributed by atoms with Crippen LogP contribution in [0.1, 0.15) is 5.82 Å². The molecule has 0 aliphatic carbocycles. The third-order valence-corrected chi connectivity index (χ3v) is 3.78. The highest BCUT2D eigenvalue weighted by molar-refractivity contribution is 6.30. The van der Waals surface area contributed by atoms with Crippen LogP contribution in [-0.2, 0) is 13.2 Å². The highest BCUT2D eigenvalue weighted by Crippen LogP contribution is 2.18. The minimum absolute atomic E-state index is 0.138. The molecule has 1 atom stereocenters. The number of aliphatic hydroxyl groups excluding tert-OH is 2. The smallest absolute Gasteiger partial charge is 0.135 e. The molecule has 1 aromatic heterocycles. The van der Waals surface area contributed by atoms with Gasteiger partial charge in [0.25, 0.3) is 0 Å². The quantitative estimate of drug-likeness (QED) is 0.728. The van der Waals surface area contributed by atoms with E-state index in [0.29, 0.717) is 23.1 Å². The number of imidazole rings is 1. The molecule has 3 aromatic rings. The van der Waals surface area contributed by atoms with Gasteiger partial charge in [0.05, 0.1) is 17.6 Å². The lowest BCUT2D eigenvalue weighted by atomic mass is 10.3. The topological polar surface area (TPSA) is 67.5 Å². The lowest BCUT2D eigenvalue weighted by Gasteiger charge is -2.15. The summed E-state index contributed by atoms with van der Waals surface area (Å²) in [5.41, 5.74) is 1.67. The van der Waals surface area contributed by atoms with E-state index in [9.17, 15) is 10.2 Å². The summed E-state index contributed by atoms with van der Waals surface area (Å²) in [6.07, 6.45) is -0.728. The number of fused-ring (bicyclic) bond motifs is 1. The Morgan fingerprint density at radius 3 is 2.61 bits per heavy atom. The van der Waals surface area contributed by atoms with Crippen molar-refractivity contribution in [1.29, 1.82) is 0 Å². The Bertz CT molecular complexity index is 786. The molecular weight excluding hydrogens is 316 g/mol. The van der Waals surface area contributed by atoms with Gasteiger partial charge in [0, 0.05) is 5.02 Å². The van der Waals surface area contributed by atoms with Crippen LogP contribution in [0.3, 0.4) is 0 Å². The Labute approximate surface area is 138 Å². The molecule has 0 bridgehead atoms. The van der Waals surface area contributed by atoms with Crippen LogP contribution >= 0.6 is 11.6 Å². The molecular formula is C17H17ClN2O3. The van der Waals surface area contributed by atoms with Crippen LogP contribution in [0, 0.1) is 0 Å². The number of nitrogens with zero attached hydrogens (tertiary/aromatic N) is 2. The van der Waals surface area contributed by atoms with Crippen LogP contribution in [0.4, 0.5) is 0 Å². The van der Waals surface area contributed by atoms with Crippen LogP contribution in [0.15, 0.2) is 48.5 Å². The first-order valence-corrected chi connectivity index (χ1v) is 7.66. The molecule has 3 rings (SSSR count). The third kappa shape index (κ3) is 3.64. The second kappa shape index (κ2) is 7.00. The van der Waals surface area contributed by atoms with Gasteiger partial charge in [-0.2, -0.15) is 0 Å². The van der Waals surface area contributed by atoms with E-state index >= 15 is 0 Å². The van der Waals surface area contributed by atoms with Crippen LogP contribution in [0.25, 0.3) is 11.0 Å². The van der Waals surface area contributed by atoms with Gasteiger partial charge in [0.2, 0.25) is 0 Å². The summed E-state index contributed by atoms with van der Waals surface area (Å²) in [7, 11) is 0. The molecule has 0 aliphatic rings. The van der Waals surface area contributed by atoms with Crippen molar-refractivity contribution in [1.82, 2.24) is 9.55 Å². The van der Waals surface area contributed by atoms with Crippen LogP contribution in [0.5, 0.6) is 5.75 Å². The van der Waals surface area contributed by atoms with E-state index in [4.69, 9.17) is 16.3 Å². The molecule has 0 aliphatic heterocycles. The van der Waals surface area contributed by atoms with Crippen LogP contribution < -0.4 is 4.74 Å². The Balaban J connectivity index is 1.70. The summed E-state index contributed by atoms with van der Waals surface area (Å²) in [5, 5.41) is 20.3. The maximum Gasteiger partial charge on any atom is 0.135 e. The largest absolute Gasteiger partial charge is 0.491 e. The number of ether oxygens (including phenoxy) is 1. The van der Waals surface area contributed by atoms with Crippen molar-refractivity contribution in [3.05, 3.63) is 59.4 Å². The lowest BCUT2D eigenvalue weighted by Crippen LogP contribution is -2.24. The van der Waals surface area contributed by atoms with Crippen LogP contribution in [0.2, 0.25) is 5.02 Å². The average Bonchev–Trinajstić information content (AvgIpc) is 2.92.